The van der Waals surface area contributed by atoms with Crippen LogP contribution in [0.4, 0.5) is 5.69 Å². The van der Waals surface area contributed by atoms with E-state index in [0.29, 0.717) is 35.8 Å². The second kappa shape index (κ2) is 9.60. The summed E-state index contributed by atoms with van der Waals surface area (Å²) in [5.41, 5.74) is 2.77. The Morgan fingerprint density at radius 2 is 1.83 bits per heavy atom. The van der Waals surface area contributed by atoms with Crippen molar-refractivity contribution in [3.8, 4) is 11.5 Å². The predicted molar refractivity (Wildman–Crippen MR) is 113 cm³/mol. The zero-order valence-corrected chi connectivity index (χ0v) is 17.1. The predicted octanol–water partition coefficient (Wildman–Crippen LogP) is 2.84. The van der Waals surface area contributed by atoms with Crippen LogP contribution in [0.25, 0.3) is 0 Å². The number of methoxy groups -OCH3 is 2. The molecule has 2 amide bonds. The summed E-state index contributed by atoms with van der Waals surface area (Å²) in [6.45, 7) is 2.34. The molecular formula is C22H24N4O4. The fraction of sp³-hybridized carbons (Fsp3) is 0.227. The van der Waals surface area contributed by atoms with E-state index in [9.17, 15) is 9.59 Å². The van der Waals surface area contributed by atoms with E-state index < -0.39 is 0 Å². The third kappa shape index (κ3) is 4.96. The molecule has 0 bridgehead atoms. The van der Waals surface area contributed by atoms with Gasteiger partial charge in [0.15, 0.2) is 11.5 Å². The topological polar surface area (TPSA) is 94.5 Å². The molecule has 0 saturated heterocycles. The summed E-state index contributed by atoms with van der Waals surface area (Å²) >= 11 is 0. The second-order valence-electron chi connectivity index (χ2n) is 6.60. The third-order valence-corrected chi connectivity index (χ3v) is 4.50. The van der Waals surface area contributed by atoms with Crippen LogP contribution in [0.15, 0.2) is 54.9 Å². The fourth-order valence-corrected chi connectivity index (χ4v) is 3.11. The second-order valence-corrected chi connectivity index (χ2v) is 6.60. The lowest BCUT2D eigenvalue weighted by molar-refractivity contribution is -0.114. The number of amides is 2. The van der Waals surface area contributed by atoms with Gasteiger partial charge in [0.2, 0.25) is 5.91 Å². The van der Waals surface area contributed by atoms with Crippen LogP contribution in [0.2, 0.25) is 0 Å². The van der Waals surface area contributed by atoms with Crippen LogP contribution in [-0.4, -0.2) is 35.8 Å². The van der Waals surface area contributed by atoms with E-state index >= 15 is 0 Å². The highest BCUT2D eigenvalue weighted by Gasteiger charge is 2.17. The summed E-state index contributed by atoms with van der Waals surface area (Å²) in [6.07, 6.45) is 3.62. The van der Waals surface area contributed by atoms with Gasteiger partial charge in [0.1, 0.15) is 0 Å². The van der Waals surface area contributed by atoms with E-state index in [1.54, 1.807) is 18.3 Å². The number of anilines is 1. The van der Waals surface area contributed by atoms with Crippen molar-refractivity contribution in [1.29, 1.82) is 0 Å². The van der Waals surface area contributed by atoms with Crippen LogP contribution in [0.3, 0.4) is 0 Å². The minimum atomic E-state index is -0.295. The minimum Gasteiger partial charge on any atom is -0.493 e. The van der Waals surface area contributed by atoms with E-state index in [4.69, 9.17) is 9.47 Å². The normalized spacial score (nSPS) is 10.4. The van der Waals surface area contributed by atoms with Crippen molar-refractivity contribution in [2.75, 3.05) is 19.5 Å². The van der Waals surface area contributed by atoms with E-state index in [1.807, 2.05) is 41.2 Å². The Hall–Kier alpha value is -3.81. The first-order chi connectivity index (χ1) is 14.5. The van der Waals surface area contributed by atoms with Crippen molar-refractivity contribution in [2.24, 2.45) is 0 Å². The van der Waals surface area contributed by atoms with Gasteiger partial charge in [0.25, 0.3) is 5.91 Å². The molecule has 0 spiro atoms. The number of hydrogen-bond acceptors (Lipinski definition) is 5. The molecule has 0 fully saturated rings. The fourth-order valence-electron chi connectivity index (χ4n) is 3.11. The first-order valence-electron chi connectivity index (χ1n) is 9.37. The SMILES string of the molecule is COc1cc(C(=O)NCc2ccccc2Cn2cccn2)cc(NC(C)=O)c1OC. The highest BCUT2D eigenvalue weighted by atomic mass is 16.5. The molecule has 3 rings (SSSR count). The number of hydrogen-bond donors (Lipinski definition) is 2. The molecule has 0 radical (unpaired) electrons. The first-order valence-corrected chi connectivity index (χ1v) is 9.37. The van der Waals surface area contributed by atoms with Crippen LogP contribution in [-0.2, 0) is 17.9 Å². The number of aromatic nitrogens is 2. The Bertz CT molecular complexity index is 1030. The molecule has 8 heteroatoms. The van der Waals surface area contributed by atoms with Crippen LogP contribution in [0.1, 0.15) is 28.4 Å². The first kappa shape index (κ1) is 20.9. The third-order valence-electron chi connectivity index (χ3n) is 4.50. The molecule has 3 aromatic rings. The van der Waals surface area contributed by atoms with Gasteiger partial charge in [-0.05, 0) is 29.3 Å². The van der Waals surface area contributed by atoms with E-state index in [0.717, 1.165) is 11.1 Å². The quantitative estimate of drug-likeness (QED) is 0.598. The van der Waals surface area contributed by atoms with Gasteiger partial charge in [0, 0.05) is 31.4 Å². The molecule has 156 valence electrons. The van der Waals surface area contributed by atoms with Crippen molar-refractivity contribution in [2.45, 2.75) is 20.0 Å². The monoisotopic (exact) mass is 408 g/mol. The molecular weight excluding hydrogens is 384 g/mol. The maximum Gasteiger partial charge on any atom is 0.251 e. The molecule has 1 heterocycles. The van der Waals surface area contributed by atoms with Gasteiger partial charge < -0.3 is 20.1 Å². The highest BCUT2D eigenvalue weighted by molar-refractivity contribution is 5.99. The van der Waals surface area contributed by atoms with E-state index in [1.165, 1.54) is 21.1 Å². The van der Waals surface area contributed by atoms with Gasteiger partial charge in [-0.1, -0.05) is 24.3 Å². The Kier molecular flexibility index (Phi) is 6.69. The standard InChI is InChI=1S/C22H24N4O4/c1-15(27)25-19-11-18(12-20(29-2)21(19)30-3)22(28)23-13-16-7-4-5-8-17(16)14-26-10-6-9-24-26/h4-12H,13-14H2,1-3H3,(H,23,28)(H,25,27). The Labute approximate surface area is 174 Å². The lowest BCUT2D eigenvalue weighted by atomic mass is 10.1. The summed E-state index contributed by atoms with van der Waals surface area (Å²) < 4.78 is 12.5. The molecule has 0 aliphatic rings. The summed E-state index contributed by atoms with van der Waals surface area (Å²) in [5.74, 6) is 0.138. The molecule has 0 aliphatic carbocycles. The van der Waals surface area contributed by atoms with Gasteiger partial charge in [-0.15, -0.1) is 0 Å². The smallest absolute Gasteiger partial charge is 0.251 e. The van der Waals surface area contributed by atoms with Crippen LogP contribution >= 0.6 is 0 Å². The lowest BCUT2D eigenvalue weighted by Gasteiger charge is -2.16. The molecule has 0 unspecified atom stereocenters. The van der Waals surface area contributed by atoms with Crippen molar-refractivity contribution >= 4 is 17.5 Å². The van der Waals surface area contributed by atoms with E-state index in [-0.39, 0.29) is 11.8 Å². The molecule has 1 aromatic heterocycles. The summed E-state index contributed by atoms with van der Waals surface area (Å²) in [7, 11) is 2.95. The molecule has 2 aromatic carbocycles. The molecule has 2 N–H and O–H groups in total. The number of rotatable bonds is 8. The zero-order valence-electron chi connectivity index (χ0n) is 17.1. The molecule has 0 saturated carbocycles. The van der Waals surface area contributed by atoms with Crippen molar-refractivity contribution in [3.63, 3.8) is 0 Å². The largest absolute Gasteiger partial charge is 0.493 e. The Balaban J connectivity index is 1.79. The van der Waals surface area contributed by atoms with Crippen molar-refractivity contribution < 1.29 is 19.1 Å². The summed E-state index contributed by atoms with van der Waals surface area (Å²) in [5, 5.41) is 9.83. The molecule has 8 nitrogen and oxygen atoms in total. The van der Waals surface area contributed by atoms with Gasteiger partial charge in [-0.25, -0.2) is 0 Å². The number of ether oxygens (including phenoxy) is 2. The average Bonchev–Trinajstić information content (AvgIpc) is 3.25. The number of carbonyl (C=O) groups is 2. The van der Waals surface area contributed by atoms with Crippen LogP contribution in [0.5, 0.6) is 11.5 Å². The molecule has 0 aliphatic heterocycles. The maximum absolute atomic E-state index is 12.8. The van der Waals surface area contributed by atoms with Crippen molar-refractivity contribution in [1.82, 2.24) is 15.1 Å². The Morgan fingerprint density at radius 3 is 2.47 bits per heavy atom. The lowest BCUT2D eigenvalue weighted by Crippen LogP contribution is -2.24. The number of carbonyl (C=O) groups excluding carboxylic acids is 2. The van der Waals surface area contributed by atoms with Crippen LogP contribution in [0, 0.1) is 0 Å². The van der Waals surface area contributed by atoms with Gasteiger partial charge in [-0.3, -0.25) is 14.3 Å². The molecule has 30 heavy (non-hydrogen) atoms. The maximum atomic E-state index is 12.8. The zero-order chi connectivity index (χ0) is 21.5. The van der Waals surface area contributed by atoms with Gasteiger partial charge in [0.05, 0.1) is 26.5 Å². The van der Waals surface area contributed by atoms with Gasteiger partial charge in [-0.2, -0.15) is 5.10 Å². The number of nitrogens with one attached hydrogen (secondary N) is 2. The number of benzene rings is 2. The summed E-state index contributed by atoms with van der Waals surface area (Å²) in [6, 6.07) is 12.9. The summed E-state index contributed by atoms with van der Waals surface area (Å²) in [4.78, 5) is 24.3. The van der Waals surface area contributed by atoms with E-state index in [2.05, 4.69) is 15.7 Å². The highest BCUT2D eigenvalue weighted by Crippen LogP contribution is 2.36. The average molecular weight is 408 g/mol. The molecule has 0 atom stereocenters. The minimum absolute atomic E-state index is 0.277. The van der Waals surface area contributed by atoms with Crippen molar-refractivity contribution in [3.05, 3.63) is 71.5 Å². The van der Waals surface area contributed by atoms with Gasteiger partial charge >= 0.3 is 0 Å². The van der Waals surface area contributed by atoms with Crippen LogP contribution < -0.4 is 20.1 Å². The Morgan fingerprint density at radius 1 is 1.07 bits per heavy atom. The number of nitrogens with zero attached hydrogens (tertiary/aromatic N) is 2.